The summed E-state index contributed by atoms with van der Waals surface area (Å²) in [6.07, 6.45) is 0. The average molecular weight is 527 g/mol. The molecule has 8 aromatic rings. The largest absolute Gasteiger partial charge is 0.436 e. The van der Waals surface area contributed by atoms with E-state index in [-0.39, 0.29) is 0 Å². The van der Waals surface area contributed by atoms with Crippen LogP contribution in [0.5, 0.6) is 0 Å². The standard InChI is InChI=1S/C38H26N2O/c1-25-10-12-28(13-11-25)30-20-23-34-37(24-30)41-38(39-34)29-16-14-26(15-17-29)27-18-21-31(22-19-27)40-35-8-4-2-6-32(35)33-7-3-5-9-36(33)40/h2-24H,1H3. The Labute approximate surface area is 238 Å². The van der Waals surface area contributed by atoms with E-state index in [9.17, 15) is 0 Å². The molecule has 41 heavy (non-hydrogen) atoms. The Balaban J connectivity index is 1.09. The number of fused-ring (bicyclic) bond motifs is 4. The fourth-order valence-corrected chi connectivity index (χ4v) is 5.78. The van der Waals surface area contributed by atoms with Gasteiger partial charge in [-0.15, -0.1) is 0 Å². The lowest BCUT2D eigenvalue weighted by atomic mass is 10.0. The van der Waals surface area contributed by atoms with Crippen molar-refractivity contribution in [2.75, 3.05) is 0 Å². The maximum absolute atomic E-state index is 6.20. The van der Waals surface area contributed by atoms with Gasteiger partial charge in [0.15, 0.2) is 5.58 Å². The molecule has 0 fully saturated rings. The van der Waals surface area contributed by atoms with Crippen molar-refractivity contribution in [1.82, 2.24) is 9.55 Å². The van der Waals surface area contributed by atoms with Crippen molar-refractivity contribution in [3.05, 3.63) is 145 Å². The Morgan fingerprint density at radius 2 is 1.02 bits per heavy atom. The zero-order chi connectivity index (χ0) is 27.3. The summed E-state index contributed by atoms with van der Waals surface area (Å²) in [6, 6.07) is 49.2. The van der Waals surface area contributed by atoms with Crippen molar-refractivity contribution in [2.45, 2.75) is 6.92 Å². The Morgan fingerprint density at radius 1 is 0.512 bits per heavy atom. The highest BCUT2D eigenvalue weighted by Gasteiger charge is 2.13. The third-order valence-electron chi connectivity index (χ3n) is 7.94. The molecule has 0 radical (unpaired) electrons. The number of hydrogen-bond donors (Lipinski definition) is 0. The number of aryl methyl sites for hydroxylation is 1. The highest BCUT2D eigenvalue weighted by atomic mass is 16.3. The van der Waals surface area contributed by atoms with E-state index in [1.54, 1.807) is 0 Å². The van der Waals surface area contributed by atoms with Crippen LogP contribution in [0.4, 0.5) is 0 Å². The van der Waals surface area contributed by atoms with E-state index in [1.807, 2.05) is 6.07 Å². The number of rotatable bonds is 4. The number of para-hydroxylation sites is 2. The van der Waals surface area contributed by atoms with Crippen LogP contribution in [0.2, 0.25) is 0 Å². The highest BCUT2D eigenvalue weighted by Crippen LogP contribution is 2.33. The predicted molar refractivity (Wildman–Crippen MR) is 169 cm³/mol. The Hall–Kier alpha value is -5.41. The summed E-state index contributed by atoms with van der Waals surface area (Å²) < 4.78 is 8.54. The lowest BCUT2D eigenvalue weighted by molar-refractivity contribution is 0.620. The van der Waals surface area contributed by atoms with Crippen molar-refractivity contribution in [3.63, 3.8) is 0 Å². The molecule has 8 rings (SSSR count). The second-order valence-corrected chi connectivity index (χ2v) is 10.6. The van der Waals surface area contributed by atoms with Crippen LogP contribution in [0.15, 0.2) is 144 Å². The maximum Gasteiger partial charge on any atom is 0.227 e. The van der Waals surface area contributed by atoms with E-state index in [0.29, 0.717) is 5.89 Å². The molecule has 3 heteroatoms. The minimum Gasteiger partial charge on any atom is -0.436 e. The summed E-state index contributed by atoms with van der Waals surface area (Å²) in [5.41, 5.74) is 12.1. The molecule has 2 heterocycles. The molecule has 194 valence electrons. The topological polar surface area (TPSA) is 31.0 Å². The van der Waals surface area contributed by atoms with Crippen LogP contribution in [0.25, 0.3) is 72.3 Å². The number of nitrogens with zero attached hydrogens (tertiary/aromatic N) is 2. The number of aromatic nitrogens is 2. The Morgan fingerprint density at radius 3 is 1.68 bits per heavy atom. The van der Waals surface area contributed by atoms with E-state index in [1.165, 1.54) is 38.5 Å². The molecule has 0 saturated carbocycles. The monoisotopic (exact) mass is 526 g/mol. The van der Waals surface area contributed by atoms with Crippen LogP contribution < -0.4 is 0 Å². The van der Waals surface area contributed by atoms with E-state index in [4.69, 9.17) is 9.40 Å². The lowest BCUT2D eigenvalue weighted by Gasteiger charge is -2.09. The van der Waals surface area contributed by atoms with Crippen LogP contribution in [0.3, 0.4) is 0 Å². The van der Waals surface area contributed by atoms with Crippen molar-refractivity contribution in [3.8, 4) is 39.4 Å². The van der Waals surface area contributed by atoms with Gasteiger partial charge in [-0.1, -0.05) is 96.6 Å². The fourth-order valence-electron chi connectivity index (χ4n) is 5.78. The minimum absolute atomic E-state index is 0.634. The lowest BCUT2D eigenvalue weighted by Crippen LogP contribution is -1.93. The van der Waals surface area contributed by atoms with Gasteiger partial charge in [0.25, 0.3) is 0 Å². The van der Waals surface area contributed by atoms with Gasteiger partial charge in [-0.2, -0.15) is 0 Å². The summed E-state index contributed by atoms with van der Waals surface area (Å²) in [7, 11) is 0. The SMILES string of the molecule is Cc1ccc(-c2ccc3nc(-c4ccc(-c5ccc(-n6c7ccccc7c7ccccc76)cc5)cc4)oc3c2)cc1. The van der Waals surface area contributed by atoms with E-state index >= 15 is 0 Å². The molecule has 0 unspecified atom stereocenters. The molecule has 0 aliphatic heterocycles. The van der Waals surface area contributed by atoms with Gasteiger partial charge in [0, 0.05) is 22.0 Å². The van der Waals surface area contributed by atoms with Crippen molar-refractivity contribution in [2.24, 2.45) is 0 Å². The zero-order valence-corrected chi connectivity index (χ0v) is 22.6. The first-order chi connectivity index (χ1) is 20.2. The molecule has 2 aromatic heterocycles. The van der Waals surface area contributed by atoms with Crippen LogP contribution in [0, 0.1) is 6.92 Å². The smallest absolute Gasteiger partial charge is 0.227 e. The summed E-state index contributed by atoms with van der Waals surface area (Å²) in [5.74, 6) is 0.634. The summed E-state index contributed by atoms with van der Waals surface area (Å²) in [5, 5.41) is 2.54. The van der Waals surface area contributed by atoms with E-state index < -0.39 is 0 Å². The maximum atomic E-state index is 6.20. The van der Waals surface area contributed by atoms with Gasteiger partial charge in [-0.25, -0.2) is 4.98 Å². The van der Waals surface area contributed by atoms with Crippen LogP contribution >= 0.6 is 0 Å². The van der Waals surface area contributed by atoms with Crippen molar-refractivity contribution < 1.29 is 4.42 Å². The Kier molecular flexibility index (Phi) is 5.36. The van der Waals surface area contributed by atoms with Crippen molar-refractivity contribution >= 4 is 32.9 Å². The molecule has 3 nitrogen and oxygen atoms in total. The fraction of sp³-hybridized carbons (Fsp3) is 0.0263. The third kappa shape index (κ3) is 4.02. The van der Waals surface area contributed by atoms with Gasteiger partial charge in [0.1, 0.15) is 5.52 Å². The van der Waals surface area contributed by atoms with Crippen LogP contribution in [-0.4, -0.2) is 9.55 Å². The predicted octanol–water partition coefficient (Wildman–Crippen LogP) is 10.2. The third-order valence-corrected chi connectivity index (χ3v) is 7.94. The number of oxazole rings is 1. The first kappa shape index (κ1) is 23.5. The van der Waals surface area contributed by atoms with Crippen LogP contribution in [-0.2, 0) is 0 Å². The molecule has 0 saturated heterocycles. The molecule has 0 spiro atoms. The molecule has 0 bridgehead atoms. The van der Waals surface area contributed by atoms with Gasteiger partial charge < -0.3 is 8.98 Å². The average Bonchev–Trinajstić information content (AvgIpc) is 3.61. The normalized spacial score (nSPS) is 11.5. The second-order valence-electron chi connectivity index (χ2n) is 10.6. The summed E-state index contributed by atoms with van der Waals surface area (Å²) in [6.45, 7) is 2.10. The minimum atomic E-state index is 0.634. The molecule has 0 N–H and O–H groups in total. The van der Waals surface area contributed by atoms with Crippen LogP contribution in [0.1, 0.15) is 5.56 Å². The van der Waals surface area contributed by atoms with Gasteiger partial charge in [-0.05, 0) is 77.7 Å². The summed E-state index contributed by atoms with van der Waals surface area (Å²) >= 11 is 0. The highest BCUT2D eigenvalue weighted by molar-refractivity contribution is 6.09. The first-order valence-corrected chi connectivity index (χ1v) is 13.9. The molecular weight excluding hydrogens is 500 g/mol. The second kappa shape index (κ2) is 9.35. The molecule has 6 aromatic carbocycles. The first-order valence-electron chi connectivity index (χ1n) is 13.9. The Bertz CT molecular complexity index is 2130. The molecular formula is C38H26N2O. The van der Waals surface area contributed by atoms with Gasteiger partial charge in [0.2, 0.25) is 5.89 Å². The van der Waals surface area contributed by atoms with Gasteiger partial charge in [0.05, 0.1) is 11.0 Å². The molecule has 0 amide bonds. The van der Waals surface area contributed by atoms with Crippen molar-refractivity contribution in [1.29, 1.82) is 0 Å². The quantitative estimate of drug-likeness (QED) is 0.228. The van der Waals surface area contributed by atoms with Gasteiger partial charge in [-0.3, -0.25) is 0 Å². The molecule has 0 aliphatic rings. The number of hydrogen-bond acceptors (Lipinski definition) is 2. The molecule has 0 aliphatic carbocycles. The van der Waals surface area contributed by atoms with E-state index in [2.05, 4.69) is 145 Å². The van der Waals surface area contributed by atoms with Gasteiger partial charge >= 0.3 is 0 Å². The number of benzene rings is 6. The summed E-state index contributed by atoms with van der Waals surface area (Å²) in [4.78, 5) is 4.75. The van der Waals surface area contributed by atoms with E-state index in [0.717, 1.165) is 33.5 Å². The zero-order valence-electron chi connectivity index (χ0n) is 22.6. The molecule has 0 atom stereocenters.